The van der Waals surface area contributed by atoms with Crippen molar-refractivity contribution in [2.24, 2.45) is 73.4 Å². The first-order valence-electron chi connectivity index (χ1n) is 13.2. The molecule has 4 aliphatic carbocycles. The van der Waals surface area contributed by atoms with Crippen LogP contribution in [0.15, 0.2) is 15.3 Å². The van der Waals surface area contributed by atoms with Gasteiger partial charge in [0.1, 0.15) is 6.34 Å². The molecule has 4 saturated carbocycles. The highest BCUT2D eigenvalue weighted by molar-refractivity contribution is 5.54. The molecule has 0 aromatic heterocycles. The quantitative estimate of drug-likeness (QED) is 0.176. The molecule has 0 aliphatic heterocycles. The van der Waals surface area contributed by atoms with E-state index < -0.39 is 0 Å². The first kappa shape index (κ1) is 24.1. The molecule has 5 unspecified atom stereocenters. The lowest BCUT2D eigenvalue weighted by molar-refractivity contribution is -0.203. The standard InChI is InChI=1S/C26H46N4O2/c1-5-18-22-14-17(31)8-11-26(22,4)21-9-12-25(3)19(6-7-20(25)23(21)24(18)32)16(2)10-13-28-15-29-30-27/h15-24,31-32H,5-14H2,1-4H3,(H2,27,28,29)/t16-,17-,18-,19?,20?,21?,22+,23?,24-,25?,26-/m1/s1. The summed E-state index contributed by atoms with van der Waals surface area (Å²) in [6, 6.07) is 0. The van der Waals surface area contributed by atoms with Crippen LogP contribution in [0.1, 0.15) is 85.5 Å². The average molecular weight is 447 g/mol. The van der Waals surface area contributed by atoms with E-state index in [0.717, 1.165) is 38.6 Å². The highest BCUT2D eigenvalue weighted by Gasteiger charge is 2.64. The minimum atomic E-state index is -0.210. The summed E-state index contributed by atoms with van der Waals surface area (Å²) in [5, 5.41) is 29.1. The second-order valence-electron chi connectivity index (χ2n) is 12.1. The third-order valence-electron chi connectivity index (χ3n) is 11.1. The van der Waals surface area contributed by atoms with Gasteiger partial charge in [0, 0.05) is 6.54 Å². The van der Waals surface area contributed by atoms with Crippen molar-refractivity contribution < 1.29 is 10.2 Å². The summed E-state index contributed by atoms with van der Waals surface area (Å²) in [6.07, 6.45) is 11.2. The fraction of sp³-hybridized carbons (Fsp3) is 0.962. The van der Waals surface area contributed by atoms with Crippen molar-refractivity contribution in [3.63, 3.8) is 0 Å². The number of hydrogen-bond donors (Lipinski definition) is 3. The van der Waals surface area contributed by atoms with Crippen LogP contribution in [0.4, 0.5) is 0 Å². The van der Waals surface area contributed by atoms with E-state index in [9.17, 15) is 10.2 Å². The van der Waals surface area contributed by atoms with Crippen LogP contribution >= 0.6 is 0 Å². The fourth-order valence-electron chi connectivity index (χ4n) is 9.54. The molecule has 0 heterocycles. The Morgan fingerprint density at radius 3 is 2.47 bits per heavy atom. The normalized spacial score (nSPS) is 49.7. The fourth-order valence-corrected chi connectivity index (χ4v) is 9.54. The van der Waals surface area contributed by atoms with E-state index in [1.54, 1.807) is 0 Å². The van der Waals surface area contributed by atoms with E-state index in [1.807, 2.05) is 0 Å². The van der Waals surface area contributed by atoms with Gasteiger partial charge in [-0.3, -0.25) is 4.99 Å². The Hall–Kier alpha value is -1.01. The van der Waals surface area contributed by atoms with Crippen molar-refractivity contribution in [2.45, 2.75) is 97.7 Å². The van der Waals surface area contributed by atoms with Crippen LogP contribution in [0.25, 0.3) is 0 Å². The summed E-state index contributed by atoms with van der Waals surface area (Å²) in [5.41, 5.74) is 0.596. The summed E-state index contributed by atoms with van der Waals surface area (Å²) >= 11 is 0. The summed E-state index contributed by atoms with van der Waals surface area (Å²) < 4.78 is 0. The molecule has 11 atom stereocenters. The van der Waals surface area contributed by atoms with Gasteiger partial charge in [0.05, 0.1) is 12.2 Å². The van der Waals surface area contributed by atoms with Crippen LogP contribution in [0.3, 0.4) is 0 Å². The van der Waals surface area contributed by atoms with Crippen molar-refractivity contribution in [1.29, 1.82) is 0 Å². The van der Waals surface area contributed by atoms with Gasteiger partial charge in [-0.15, -0.1) is 5.11 Å². The van der Waals surface area contributed by atoms with Crippen molar-refractivity contribution in [3.8, 4) is 0 Å². The highest BCUT2D eigenvalue weighted by atomic mass is 16.3. The largest absolute Gasteiger partial charge is 0.393 e. The molecule has 0 bridgehead atoms. The molecule has 4 aliphatic rings. The number of aliphatic hydroxyl groups is 2. The van der Waals surface area contributed by atoms with E-state index in [0.29, 0.717) is 46.8 Å². The number of aliphatic hydroxyl groups excluding tert-OH is 2. The molecule has 0 radical (unpaired) electrons. The Bertz CT molecular complexity index is 714. The predicted molar refractivity (Wildman–Crippen MR) is 128 cm³/mol. The highest BCUT2D eigenvalue weighted by Crippen LogP contribution is 2.69. The maximum atomic E-state index is 11.8. The average Bonchev–Trinajstić information content (AvgIpc) is 3.12. The van der Waals surface area contributed by atoms with Gasteiger partial charge in [-0.25, -0.2) is 0 Å². The molecule has 0 aromatic carbocycles. The molecule has 6 heteroatoms. The number of hydrogen-bond acceptors (Lipinski definition) is 4. The third kappa shape index (κ3) is 3.83. The van der Waals surface area contributed by atoms with E-state index in [1.165, 1.54) is 32.0 Å². The summed E-state index contributed by atoms with van der Waals surface area (Å²) in [5.74, 6) is 8.81. The molecule has 32 heavy (non-hydrogen) atoms. The smallest absolute Gasteiger partial charge is 0.134 e. The Balaban J connectivity index is 1.54. The topological polar surface area (TPSA) is 104 Å². The number of aliphatic imine (C=N–C) groups is 1. The van der Waals surface area contributed by atoms with Gasteiger partial charge in [0.15, 0.2) is 0 Å². The third-order valence-corrected chi connectivity index (χ3v) is 11.1. The maximum Gasteiger partial charge on any atom is 0.134 e. The Kier molecular flexibility index (Phi) is 7.03. The maximum absolute atomic E-state index is 11.8. The van der Waals surface area contributed by atoms with Gasteiger partial charge < -0.3 is 16.1 Å². The first-order chi connectivity index (χ1) is 15.3. The lowest BCUT2D eigenvalue weighted by Crippen LogP contribution is -2.62. The van der Waals surface area contributed by atoms with Crippen LogP contribution in [-0.4, -0.2) is 35.3 Å². The van der Waals surface area contributed by atoms with Crippen LogP contribution in [0.5, 0.6) is 0 Å². The van der Waals surface area contributed by atoms with Crippen LogP contribution in [-0.2, 0) is 0 Å². The lowest BCUT2D eigenvalue weighted by Gasteiger charge is -2.64. The number of nitrogens with two attached hydrogens (primary N) is 1. The SMILES string of the molecule is CC[C@H]1[C@@H](O)C2C3CCC([C@H](C)CCN=CN=NN)C3(C)CCC2[C@@]2(C)CC[C@@H](O)C[C@@H]12. The molecule has 0 amide bonds. The van der Waals surface area contributed by atoms with Gasteiger partial charge in [0.2, 0.25) is 0 Å². The molecule has 6 nitrogen and oxygen atoms in total. The zero-order valence-corrected chi connectivity index (χ0v) is 20.7. The van der Waals surface area contributed by atoms with E-state index in [2.05, 4.69) is 43.0 Å². The predicted octanol–water partition coefficient (Wildman–Crippen LogP) is 4.99. The minimum Gasteiger partial charge on any atom is -0.393 e. The van der Waals surface area contributed by atoms with E-state index in [4.69, 9.17) is 5.84 Å². The summed E-state index contributed by atoms with van der Waals surface area (Å²) in [6.45, 7) is 10.5. The molecular weight excluding hydrogens is 400 g/mol. The Morgan fingerprint density at radius 2 is 1.75 bits per heavy atom. The zero-order chi connectivity index (χ0) is 23.1. The van der Waals surface area contributed by atoms with Gasteiger partial charge in [-0.2, -0.15) is 0 Å². The summed E-state index contributed by atoms with van der Waals surface area (Å²) in [4.78, 5) is 4.33. The molecule has 4 rings (SSSR count). The second kappa shape index (κ2) is 9.32. The first-order valence-corrected chi connectivity index (χ1v) is 13.2. The van der Waals surface area contributed by atoms with E-state index in [-0.39, 0.29) is 17.6 Å². The van der Waals surface area contributed by atoms with Crippen LogP contribution in [0, 0.1) is 52.3 Å². The van der Waals surface area contributed by atoms with Crippen molar-refractivity contribution in [3.05, 3.63) is 0 Å². The zero-order valence-electron chi connectivity index (χ0n) is 20.7. The lowest BCUT2D eigenvalue weighted by atomic mass is 9.41. The second-order valence-corrected chi connectivity index (χ2v) is 12.1. The molecular formula is C26H46N4O2. The van der Waals surface area contributed by atoms with Gasteiger partial charge in [-0.05, 0) is 104 Å². The molecule has 4 N–H and O–H groups in total. The van der Waals surface area contributed by atoms with Crippen molar-refractivity contribution in [1.82, 2.24) is 0 Å². The van der Waals surface area contributed by atoms with Crippen molar-refractivity contribution in [2.75, 3.05) is 6.54 Å². The van der Waals surface area contributed by atoms with Gasteiger partial charge in [0.25, 0.3) is 0 Å². The summed E-state index contributed by atoms with van der Waals surface area (Å²) in [7, 11) is 0. The number of fused-ring (bicyclic) bond motifs is 5. The monoisotopic (exact) mass is 446 g/mol. The Labute approximate surface area is 194 Å². The minimum absolute atomic E-state index is 0.176. The molecule has 182 valence electrons. The molecule has 4 fully saturated rings. The van der Waals surface area contributed by atoms with Gasteiger partial charge >= 0.3 is 0 Å². The van der Waals surface area contributed by atoms with Crippen LogP contribution in [0.2, 0.25) is 0 Å². The molecule has 0 saturated heterocycles. The molecule has 0 aromatic rings. The number of rotatable bonds is 6. The number of nitrogens with zero attached hydrogens (tertiary/aromatic N) is 3. The van der Waals surface area contributed by atoms with Gasteiger partial charge in [-0.1, -0.05) is 39.3 Å². The Morgan fingerprint density at radius 1 is 1.03 bits per heavy atom. The molecule has 0 spiro atoms. The van der Waals surface area contributed by atoms with Crippen LogP contribution < -0.4 is 5.84 Å². The van der Waals surface area contributed by atoms with E-state index >= 15 is 0 Å². The van der Waals surface area contributed by atoms with Crippen molar-refractivity contribution >= 4 is 6.34 Å².